The van der Waals surface area contributed by atoms with Gasteiger partial charge in [-0.1, -0.05) is 11.6 Å². The normalized spacial score (nSPS) is 16.2. The lowest BCUT2D eigenvalue weighted by atomic mass is 10.0. The van der Waals surface area contributed by atoms with Gasteiger partial charge in [-0.25, -0.2) is 4.79 Å². The zero-order valence-electron chi connectivity index (χ0n) is 9.61. The lowest BCUT2D eigenvalue weighted by Gasteiger charge is -2.03. The number of rotatable bonds is 3. The van der Waals surface area contributed by atoms with Crippen molar-refractivity contribution in [3.05, 3.63) is 41.1 Å². The van der Waals surface area contributed by atoms with E-state index in [1.165, 1.54) is 6.08 Å². The first-order valence-electron chi connectivity index (χ1n) is 5.86. The van der Waals surface area contributed by atoms with Crippen LogP contribution in [0.25, 0.3) is 16.5 Å². The average Bonchev–Trinajstić information content (AvgIpc) is 3.07. The van der Waals surface area contributed by atoms with Gasteiger partial charge in [0.05, 0.1) is 0 Å². The van der Waals surface area contributed by atoms with Gasteiger partial charge in [0.15, 0.2) is 0 Å². The topological polar surface area (TPSA) is 53.1 Å². The summed E-state index contributed by atoms with van der Waals surface area (Å²) in [4.78, 5) is 14.1. The fraction of sp³-hybridized carbons (Fsp3) is 0.214. The summed E-state index contributed by atoms with van der Waals surface area (Å²) >= 11 is 6.00. The van der Waals surface area contributed by atoms with Crippen LogP contribution < -0.4 is 0 Å². The smallest absolute Gasteiger partial charge is 0.328 e. The zero-order chi connectivity index (χ0) is 12.7. The minimum Gasteiger partial charge on any atom is -0.478 e. The van der Waals surface area contributed by atoms with Gasteiger partial charge in [0, 0.05) is 33.8 Å². The number of hydrogen-bond acceptors (Lipinski definition) is 1. The van der Waals surface area contributed by atoms with E-state index in [1.54, 1.807) is 0 Å². The molecule has 1 aliphatic rings. The Hall–Kier alpha value is -1.74. The second-order valence-corrected chi connectivity index (χ2v) is 5.04. The number of allylic oxidation sites excluding steroid dienone is 1. The summed E-state index contributed by atoms with van der Waals surface area (Å²) in [5, 5.41) is 10.6. The van der Waals surface area contributed by atoms with Crippen molar-refractivity contribution in [3.63, 3.8) is 0 Å². The monoisotopic (exact) mass is 261 g/mol. The van der Waals surface area contributed by atoms with Crippen LogP contribution >= 0.6 is 11.6 Å². The van der Waals surface area contributed by atoms with E-state index >= 15 is 0 Å². The number of aromatic amines is 1. The van der Waals surface area contributed by atoms with Crippen LogP contribution in [-0.2, 0) is 4.79 Å². The molecule has 0 atom stereocenters. The molecule has 1 saturated carbocycles. The third kappa shape index (κ3) is 2.02. The van der Waals surface area contributed by atoms with Gasteiger partial charge >= 0.3 is 5.97 Å². The predicted molar refractivity (Wildman–Crippen MR) is 71.6 cm³/mol. The molecule has 1 aromatic carbocycles. The number of H-pyrrole nitrogens is 1. The molecule has 92 valence electrons. The van der Waals surface area contributed by atoms with E-state index in [0.29, 0.717) is 10.9 Å². The molecular formula is C14H12ClNO2. The van der Waals surface area contributed by atoms with Crippen LogP contribution in [0.1, 0.15) is 18.4 Å². The molecule has 0 radical (unpaired) electrons. The van der Waals surface area contributed by atoms with Crippen LogP contribution in [0.3, 0.4) is 0 Å². The molecule has 1 aromatic heterocycles. The molecule has 0 spiro atoms. The molecular weight excluding hydrogens is 250 g/mol. The fourth-order valence-electron chi connectivity index (χ4n) is 2.27. The number of aromatic nitrogens is 1. The number of nitrogens with one attached hydrogen (secondary N) is 1. The van der Waals surface area contributed by atoms with Gasteiger partial charge in [0.1, 0.15) is 0 Å². The van der Waals surface area contributed by atoms with E-state index in [-0.39, 0.29) is 0 Å². The van der Waals surface area contributed by atoms with Crippen LogP contribution in [-0.4, -0.2) is 16.1 Å². The Labute approximate surface area is 109 Å². The highest BCUT2D eigenvalue weighted by Crippen LogP contribution is 2.44. The van der Waals surface area contributed by atoms with Gasteiger partial charge in [-0.15, -0.1) is 0 Å². The van der Waals surface area contributed by atoms with Crippen molar-refractivity contribution in [2.75, 3.05) is 0 Å². The Balaban J connectivity index is 2.17. The van der Waals surface area contributed by atoms with E-state index in [0.717, 1.165) is 34.9 Å². The third-order valence-corrected chi connectivity index (χ3v) is 3.49. The van der Waals surface area contributed by atoms with E-state index in [2.05, 4.69) is 4.98 Å². The van der Waals surface area contributed by atoms with Crippen LogP contribution in [0.2, 0.25) is 5.02 Å². The Morgan fingerprint density at radius 3 is 2.89 bits per heavy atom. The number of hydrogen-bond donors (Lipinski definition) is 2. The molecule has 4 heteroatoms. The number of aliphatic carboxylic acids is 1. The van der Waals surface area contributed by atoms with E-state index in [9.17, 15) is 4.79 Å². The van der Waals surface area contributed by atoms with Crippen molar-refractivity contribution in [1.29, 1.82) is 0 Å². The maximum atomic E-state index is 10.9. The maximum absolute atomic E-state index is 10.9. The summed E-state index contributed by atoms with van der Waals surface area (Å²) in [6.07, 6.45) is 5.31. The Kier molecular flexibility index (Phi) is 2.63. The van der Waals surface area contributed by atoms with E-state index in [1.807, 2.05) is 24.4 Å². The summed E-state index contributed by atoms with van der Waals surface area (Å²) in [6.45, 7) is 0. The van der Waals surface area contributed by atoms with Crippen molar-refractivity contribution in [1.82, 2.24) is 4.98 Å². The molecule has 0 unspecified atom stereocenters. The number of carboxylic acids is 1. The summed E-state index contributed by atoms with van der Waals surface area (Å²) in [6, 6.07) is 5.61. The van der Waals surface area contributed by atoms with Gasteiger partial charge < -0.3 is 10.1 Å². The highest BCUT2D eigenvalue weighted by molar-refractivity contribution is 6.31. The van der Waals surface area contributed by atoms with Gasteiger partial charge in [-0.05, 0) is 42.5 Å². The largest absolute Gasteiger partial charge is 0.478 e. The highest BCUT2D eigenvalue weighted by Gasteiger charge is 2.29. The number of carbonyl (C=O) groups is 1. The van der Waals surface area contributed by atoms with Crippen molar-refractivity contribution in [2.24, 2.45) is 5.92 Å². The molecule has 3 rings (SSSR count). The van der Waals surface area contributed by atoms with Crippen LogP contribution in [0.4, 0.5) is 0 Å². The summed E-state index contributed by atoms with van der Waals surface area (Å²) in [7, 11) is 0. The molecule has 2 aromatic rings. The Morgan fingerprint density at radius 1 is 1.44 bits per heavy atom. The predicted octanol–water partition coefficient (Wildman–Crippen LogP) is 3.70. The molecule has 0 amide bonds. The van der Waals surface area contributed by atoms with Crippen LogP contribution in [0.5, 0.6) is 0 Å². The lowest BCUT2D eigenvalue weighted by molar-refractivity contribution is -0.131. The average molecular weight is 262 g/mol. The SMILES string of the molecule is O=C(O)/C=C(/c1c[nH]c2ccc(Cl)cc12)C1CC1. The Bertz CT molecular complexity index is 653. The first-order valence-corrected chi connectivity index (χ1v) is 6.24. The second-order valence-electron chi connectivity index (χ2n) is 4.60. The molecule has 1 heterocycles. The van der Waals surface area contributed by atoms with Crippen molar-refractivity contribution >= 4 is 34.0 Å². The molecule has 0 aliphatic heterocycles. The molecule has 3 nitrogen and oxygen atoms in total. The third-order valence-electron chi connectivity index (χ3n) is 3.25. The van der Waals surface area contributed by atoms with Crippen molar-refractivity contribution in [3.8, 4) is 0 Å². The number of fused-ring (bicyclic) bond motifs is 1. The lowest BCUT2D eigenvalue weighted by Crippen LogP contribution is -1.93. The standard InChI is InChI=1S/C14H12ClNO2/c15-9-3-4-13-11(5-9)12(7-16-13)10(6-14(17)18)8-1-2-8/h3-8,16H,1-2H2,(H,17,18)/b10-6+. The first-order chi connectivity index (χ1) is 8.65. The van der Waals surface area contributed by atoms with Gasteiger partial charge in [-0.2, -0.15) is 0 Å². The second kappa shape index (κ2) is 4.18. The van der Waals surface area contributed by atoms with E-state index < -0.39 is 5.97 Å². The zero-order valence-corrected chi connectivity index (χ0v) is 10.4. The highest BCUT2D eigenvalue weighted by atomic mass is 35.5. The molecule has 18 heavy (non-hydrogen) atoms. The number of halogens is 1. The molecule has 1 aliphatic carbocycles. The summed E-state index contributed by atoms with van der Waals surface area (Å²) < 4.78 is 0. The maximum Gasteiger partial charge on any atom is 0.328 e. The van der Waals surface area contributed by atoms with Crippen LogP contribution in [0.15, 0.2) is 30.5 Å². The number of carboxylic acid groups (broad SMARTS) is 1. The first kappa shape index (κ1) is 11.4. The van der Waals surface area contributed by atoms with Crippen molar-refractivity contribution in [2.45, 2.75) is 12.8 Å². The summed E-state index contributed by atoms with van der Waals surface area (Å²) in [5.41, 5.74) is 2.83. The fourth-order valence-corrected chi connectivity index (χ4v) is 2.45. The quantitative estimate of drug-likeness (QED) is 0.828. The van der Waals surface area contributed by atoms with Crippen LogP contribution in [0, 0.1) is 5.92 Å². The minimum atomic E-state index is -0.895. The van der Waals surface area contributed by atoms with E-state index in [4.69, 9.17) is 16.7 Å². The number of benzene rings is 1. The molecule has 0 bridgehead atoms. The van der Waals surface area contributed by atoms with Crippen molar-refractivity contribution < 1.29 is 9.90 Å². The molecule has 2 N–H and O–H groups in total. The molecule has 0 saturated heterocycles. The molecule has 1 fully saturated rings. The van der Waals surface area contributed by atoms with Gasteiger partial charge in [-0.3, -0.25) is 0 Å². The minimum absolute atomic E-state index is 0.374. The van der Waals surface area contributed by atoms with Gasteiger partial charge in [0.2, 0.25) is 0 Å². The summed E-state index contributed by atoms with van der Waals surface area (Å²) in [5.74, 6) is -0.521. The van der Waals surface area contributed by atoms with Gasteiger partial charge in [0.25, 0.3) is 0 Å². The Morgan fingerprint density at radius 2 is 2.22 bits per heavy atom.